The van der Waals surface area contributed by atoms with E-state index in [-0.39, 0.29) is 5.91 Å². The van der Waals surface area contributed by atoms with Gasteiger partial charge in [0.2, 0.25) is 5.91 Å². The third kappa shape index (κ3) is 3.72. The van der Waals surface area contributed by atoms with E-state index in [1.807, 2.05) is 6.07 Å². The predicted molar refractivity (Wildman–Crippen MR) is 79.4 cm³/mol. The lowest BCUT2D eigenvalue weighted by Gasteiger charge is -2.32. The maximum atomic E-state index is 12.1. The Bertz CT molecular complexity index is 545. The molecule has 4 nitrogen and oxygen atoms in total. The highest BCUT2D eigenvalue weighted by molar-refractivity contribution is 6.33. The van der Waals surface area contributed by atoms with Crippen LogP contribution in [0.2, 0.25) is 5.02 Å². The fraction of sp³-hybridized carbons (Fsp3) is 0.467. The minimum absolute atomic E-state index is 0.147. The lowest BCUT2D eigenvalue weighted by atomic mass is 9.80. The number of carbonyl (C=O) groups is 1. The van der Waals surface area contributed by atoms with Gasteiger partial charge in [0.25, 0.3) is 0 Å². The third-order valence-corrected chi connectivity index (χ3v) is 4.06. The first-order valence-corrected chi connectivity index (χ1v) is 7.19. The minimum atomic E-state index is -0.401. The summed E-state index contributed by atoms with van der Waals surface area (Å²) in [6.07, 6.45) is 5.40. The Balaban J connectivity index is 2.03. The van der Waals surface area contributed by atoms with E-state index in [1.54, 1.807) is 18.2 Å². The molecule has 0 aromatic heterocycles. The highest BCUT2D eigenvalue weighted by Gasteiger charge is 2.30. The van der Waals surface area contributed by atoms with Gasteiger partial charge < -0.3 is 11.1 Å². The van der Waals surface area contributed by atoms with Gasteiger partial charge in [-0.3, -0.25) is 4.79 Å². The van der Waals surface area contributed by atoms with Crippen molar-refractivity contribution in [3.05, 3.63) is 28.8 Å². The average Bonchev–Trinajstić information content (AvgIpc) is 2.41. The quantitative estimate of drug-likeness (QED) is 0.897. The molecule has 0 saturated heterocycles. The number of hydrogen-bond donors (Lipinski definition) is 2. The van der Waals surface area contributed by atoms with Gasteiger partial charge in [0.1, 0.15) is 0 Å². The monoisotopic (exact) mass is 291 g/mol. The summed E-state index contributed by atoms with van der Waals surface area (Å²) in [7, 11) is 0. The maximum Gasteiger partial charge on any atom is 0.226 e. The molecule has 0 atom stereocenters. The molecular weight excluding hydrogens is 274 g/mol. The first-order chi connectivity index (χ1) is 9.52. The molecule has 1 aliphatic rings. The van der Waals surface area contributed by atoms with Crippen LogP contribution in [-0.4, -0.2) is 11.4 Å². The second-order valence-corrected chi connectivity index (χ2v) is 5.86. The van der Waals surface area contributed by atoms with Crippen LogP contribution < -0.4 is 11.1 Å². The van der Waals surface area contributed by atoms with E-state index in [9.17, 15) is 4.79 Å². The number of carbonyl (C=O) groups excluding carboxylic acids is 1. The molecule has 106 valence electrons. The van der Waals surface area contributed by atoms with Crippen molar-refractivity contribution < 1.29 is 4.79 Å². The van der Waals surface area contributed by atoms with Crippen LogP contribution >= 0.6 is 11.6 Å². The largest absolute Gasteiger partial charge is 0.325 e. The summed E-state index contributed by atoms with van der Waals surface area (Å²) in [6.45, 7) is 0. The van der Waals surface area contributed by atoms with Gasteiger partial charge in [-0.2, -0.15) is 5.26 Å². The number of nitrogens with two attached hydrogens (primary N) is 1. The average molecular weight is 292 g/mol. The molecule has 1 aromatic carbocycles. The van der Waals surface area contributed by atoms with Crippen LogP contribution in [0.25, 0.3) is 0 Å². The molecule has 20 heavy (non-hydrogen) atoms. The van der Waals surface area contributed by atoms with Crippen LogP contribution in [0.4, 0.5) is 5.69 Å². The zero-order chi connectivity index (χ0) is 14.6. The number of hydrogen-bond acceptors (Lipinski definition) is 3. The number of nitrogens with one attached hydrogen (secondary N) is 1. The molecule has 1 aliphatic carbocycles. The molecule has 0 unspecified atom stereocenters. The Labute approximate surface area is 123 Å². The van der Waals surface area contributed by atoms with Crippen molar-refractivity contribution >= 4 is 23.2 Å². The smallest absolute Gasteiger partial charge is 0.226 e. The molecule has 0 spiro atoms. The summed E-state index contributed by atoms with van der Waals surface area (Å²) < 4.78 is 0. The Morgan fingerprint density at radius 2 is 2.10 bits per heavy atom. The molecule has 0 radical (unpaired) electrons. The van der Waals surface area contributed by atoms with E-state index < -0.39 is 5.54 Å². The summed E-state index contributed by atoms with van der Waals surface area (Å²) in [5, 5.41) is 12.0. The van der Waals surface area contributed by atoms with Crippen molar-refractivity contribution in [3.8, 4) is 6.07 Å². The molecule has 2 rings (SSSR count). The zero-order valence-corrected chi connectivity index (χ0v) is 12.0. The SMILES string of the molecule is N#Cc1ccc(Cl)c(NC(=O)CC2(N)CCCCC2)c1. The number of nitriles is 1. The molecule has 5 heteroatoms. The van der Waals surface area contributed by atoms with E-state index in [0.29, 0.717) is 22.7 Å². The highest BCUT2D eigenvalue weighted by atomic mass is 35.5. The van der Waals surface area contributed by atoms with E-state index >= 15 is 0 Å². The molecule has 1 amide bonds. The summed E-state index contributed by atoms with van der Waals surface area (Å²) >= 11 is 6.02. The number of nitrogens with zero attached hydrogens (tertiary/aromatic N) is 1. The first-order valence-electron chi connectivity index (χ1n) is 6.81. The molecular formula is C15H18ClN3O. The summed E-state index contributed by atoms with van der Waals surface area (Å²) in [5.74, 6) is -0.147. The zero-order valence-electron chi connectivity index (χ0n) is 11.3. The molecule has 1 fully saturated rings. The van der Waals surface area contributed by atoms with Crippen LogP contribution in [0.5, 0.6) is 0 Å². The van der Waals surface area contributed by atoms with Crippen LogP contribution in [0, 0.1) is 11.3 Å². The van der Waals surface area contributed by atoms with Gasteiger partial charge in [-0.1, -0.05) is 30.9 Å². The number of halogens is 1. The van der Waals surface area contributed by atoms with Gasteiger partial charge in [-0.15, -0.1) is 0 Å². The molecule has 0 bridgehead atoms. The van der Waals surface area contributed by atoms with Crippen molar-refractivity contribution in [1.29, 1.82) is 5.26 Å². The molecule has 0 heterocycles. The topological polar surface area (TPSA) is 78.9 Å². The third-order valence-electron chi connectivity index (χ3n) is 3.73. The second kappa shape index (κ2) is 6.25. The van der Waals surface area contributed by atoms with E-state index in [2.05, 4.69) is 5.32 Å². The van der Waals surface area contributed by atoms with Gasteiger partial charge in [-0.25, -0.2) is 0 Å². The van der Waals surface area contributed by atoms with E-state index in [0.717, 1.165) is 25.7 Å². The fourth-order valence-electron chi connectivity index (χ4n) is 2.64. The Morgan fingerprint density at radius 3 is 2.75 bits per heavy atom. The standard InChI is InChI=1S/C15H18ClN3O/c16-12-5-4-11(10-17)8-13(12)19-14(20)9-15(18)6-2-1-3-7-15/h4-5,8H,1-3,6-7,9,18H2,(H,19,20). The Morgan fingerprint density at radius 1 is 1.40 bits per heavy atom. The van der Waals surface area contributed by atoms with E-state index in [4.69, 9.17) is 22.6 Å². The van der Waals surface area contributed by atoms with Crippen molar-refractivity contribution in [1.82, 2.24) is 0 Å². The normalized spacial score (nSPS) is 17.2. The van der Waals surface area contributed by atoms with Crippen molar-refractivity contribution in [3.63, 3.8) is 0 Å². The molecule has 3 N–H and O–H groups in total. The van der Waals surface area contributed by atoms with Crippen LogP contribution in [0.15, 0.2) is 18.2 Å². The van der Waals surface area contributed by atoms with Gasteiger partial charge >= 0.3 is 0 Å². The number of anilines is 1. The molecule has 1 aromatic rings. The Kier molecular flexibility index (Phi) is 4.64. The fourth-order valence-corrected chi connectivity index (χ4v) is 2.80. The first kappa shape index (κ1) is 14.8. The lowest BCUT2D eigenvalue weighted by molar-refractivity contribution is -0.117. The van der Waals surface area contributed by atoms with Crippen LogP contribution in [-0.2, 0) is 4.79 Å². The van der Waals surface area contributed by atoms with Crippen LogP contribution in [0.1, 0.15) is 44.1 Å². The predicted octanol–water partition coefficient (Wildman–Crippen LogP) is 3.20. The van der Waals surface area contributed by atoms with E-state index in [1.165, 1.54) is 6.42 Å². The minimum Gasteiger partial charge on any atom is -0.325 e. The summed E-state index contributed by atoms with van der Waals surface area (Å²) in [6, 6.07) is 6.82. The summed E-state index contributed by atoms with van der Waals surface area (Å²) in [4.78, 5) is 12.1. The van der Waals surface area contributed by atoms with Crippen molar-refractivity contribution in [2.24, 2.45) is 5.73 Å². The van der Waals surface area contributed by atoms with Crippen molar-refractivity contribution in [2.75, 3.05) is 5.32 Å². The Hall–Kier alpha value is -1.57. The number of benzene rings is 1. The maximum absolute atomic E-state index is 12.1. The van der Waals surface area contributed by atoms with Gasteiger partial charge in [0.05, 0.1) is 22.3 Å². The number of rotatable bonds is 3. The van der Waals surface area contributed by atoms with Gasteiger partial charge in [-0.05, 0) is 31.0 Å². The van der Waals surface area contributed by atoms with Gasteiger partial charge in [0, 0.05) is 12.0 Å². The van der Waals surface area contributed by atoms with Crippen molar-refractivity contribution in [2.45, 2.75) is 44.1 Å². The second-order valence-electron chi connectivity index (χ2n) is 5.45. The molecule has 0 aliphatic heterocycles. The summed E-state index contributed by atoms with van der Waals surface area (Å²) in [5.41, 5.74) is 6.79. The highest BCUT2D eigenvalue weighted by Crippen LogP contribution is 2.29. The lowest BCUT2D eigenvalue weighted by Crippen LogP contribution is -2.44. The molecule has 1 saturated carbocycles. The number of amides is 1. The van der Waals surface area contributed by atoms with Crippen LogP contribution in [0.3, 0.4) is 0 Å². The van der Waals surface area contributed by atoms with Gasteiger partial charge in [0.15, 0.2) is 0 Å².